The van der Waals surface area contributed by atoms with Crippen LogP contribution in [0.2, 0.25) is 0 Å². The zero-order chi connectivity index (χ0) is 28.2. The molecular weight excluding hydrogens is 522 g/mol. The molecule has 1 aromatic carbocycles. The van der Waals surface area contributed by atoms with Gasteiger partial charge in [-0.3, -0.25) is 0 Å². The fourth-order valence-corrected chi connectivity index (χ4v) is 5.18. The van der Waals surface area contributed by atoms with E-state index in [4.69, 9.17) is 19.7 Å². The monoisotopic (exact) mass is 556 g/mol. The van der Waals surface area contributed by atoms with Crippen LogP contribution in [0.25, 0.3) is 11.4 Å². The summed E-state index contributed by atoms with van der Waals surface area (Å²) in [6.45, 7) is 6.07. The van der Waals surface area contributed by atoms with Crippen LogP contribution >= 0.6 is 0 Å². The Balaban J connectivity index is 1.11. The van der Waals surface area contributed by atoms with Crippen LogP contribution in [0, 0.1) is 11.6 Å². The normalized spacial score (nSPS) is 20.2. The van der Waals surface area contributed by atoms with Crippen molar-refractivity contribution < 1.29 is 27.6 Å². The standard InChI is InChI=1S/C28H34F2N6O4/c1-17(2)39-28(37)35-10-7-20(8-11-35)38-16-26-33-27(34-40-26)18-3-6-25(32-14-18)36-12-9-21(24(31)15-36)22-13-19(29)4-5-23(22)30/h3-6,13-14,17,20-21,24H,7-12,15-16,31H2,1-2H3/t21-,24+/m1/s1. The van der Waals surface area contributed by atoms with E-state index in [0.717, 1.165) is 18.0 Å². The van der Waals surface area contributed by atoms with Gasteiger partial charge in [-0.05, 0) is 69.0 Å². The van der Waals surface area contributed by atoms with Gasteiger partial charge in [-0.2, -0.15) is 4.98 Å². The number of piperidine rings is 2. The number of carbonyl (C=O) groups excluding carboxylic acids is 1. The van der Waals surface area contributed by atoms with Crippen LogP contribution in [0.3, 0.4) is 0 Å². The van der Waals surface area contributed by atoms with Gasteiger partial charge in [-0.15, -0.1) is 0 Å². The lowest BCUT2D eigenvalue weighted by atomic mass is 9.85. The fourth-order valence-electron chi connectivity index (χ4n) is 5.18. The molecule has 0 spiro atoms. The number of hydrogen-bond acceptors (Lipinski definition) is 9. The molecule has 2 aromatic heterocycles. The zero-order valence-corrected chi connectivity index (χ0v) is 22.6. The predicted octanol–water partition coefficient (Wildman–Crippen LogP) is 4.26. The lowest BCUT2D eigenvalue weighted by molar-refractivity contribution is -0.0147. The SMILES string of the molecule is CC(C)OC(=O)N1CCC(OCc2nc(-c3ccc(N4CC[C@H](c5cc(F)ccc5F)[C@@H](N)C4)nc3)no2)CC1. The van der Waals surface area contributed by atoms with Crippen molar-refractivity contribution in [2.75, 3.05) is 31.1 Å². The molecule has 0 radical (unpaired) electrons. The van der Waals surface area contributed by atoms with Crippen molar-refractivity contribution in [1.82, 2.24) is 20.0 Å². The summed E-state index contributed by atoms with van der Waals surface area (Å²) in [5, 5.41) is 4.05. The van der Waals surface area contributed by atoms with Crippen LogP contribution in [0.4, 0.5) is 19.4 Å². The molecule has 2 fully saturated rings. The minimum Gasteiger partial charge on any atom is -0.447 e. The van der Waals surface area contributed by atoms with E-state index in [-0.39, 0.29) is 36.9 Å². The third-order valence-electron chi connectivity index (χ3n) is 7.29. The van der Waals surface area contributed by atoms with Crippen molar-refractivity contribution >= 4 is 11.9 Å². The molecule has 3 aromatic rings. The summed E-state index contributed by atoms with van der Waals surface area (Å²) in [5.74, 6) is 0.328. The van der Waals surface area contributed by atoms with Crippen LogP contribution in [0.5, 0.6) is 0 Å². The Morgan fingerprint density at radius 3 is 2.65 bits per heavy atom. The average molecular weight is 557 g/mol. The van der Waals surface area contributed by atoms with Gasteiger partial charge in [0.1, 0.15) is 24.1 Å². The number of likely N-dealkylation sites (tertiary alicyclic amines) is 1. The number of pyridine rings is 1. The molecule has 40 heavy (non-hydrogen) atoms. The summed E-state index contributed by atoms with van der Waals surface area (Å²) in [6, 6.07) is 6.85. The zero-order valence-electron chi connectivity index (χ0n) is 22.6. The van der Waals surface area contributed by atoms with Gasteiger partial charge in [-0.1, -0.05) is 5.16 Å². The maximum atomic E-state index is 14.3. The van der Waals surface area contributed by atoms with E-state index in [1.807, 2.05) is 30.9 Å². The number of nitrogens with two attached hydrogens (primary N) is 1. The van der Waals surface area contributed by atoms with Gasteiger partial charge in [-0.25, -0.2) is 18.6 Å². The van der Waals surface area contributed by atoms with Crippen LogP contribution in [0.1, 0.15) is 50.5 Å². The summed E-state index contributed by atoms with van der Waals surface area (Å²) < 4.78 is 44.5. The minimum absolute atomic E-state index is 0.00711. The largest absolute Gasteiger partial charge is 0.447 e. The Hall–Kier alpha value is -3.64. The molecule has 214 valence electrons. The molecule has 2 aliphatic rings. The quantitative estimate of drug-likeness (QED) is 0.455. The number of halogens is 2. The lowest BCUT2D eigenvalue weighted by Gasteiger charge is -2.37. The van der Waals surface area contributed by atoms with Crippen molar-refractivity contribution in [1.29, 1.82) is 0 Å². The number of aromatic nitrogens is 3. The van der Waals surface area contributed by atoms with Gasteiger partial charge < -0.3 is 29.5 Å². The summed E-state index contributed by atoms with van der Waals surface area (Å²) in [6.07, 6.45) is 3.22. The van der Waals surface area contributed by atoms with Crippen molar-refractivity contribution in [2.24, 2.45) is 5.73 Å². The second kappa shape index (κ2) is 12.3. The van der Waals surface area contributed by atoms with Gasteiger partial charge in [0.15, 0.2) is 0 Å². The number of hydrogen-bond donors (Lipinski definition) is 1. The number of nitrogens with zero attached hydrogens (tertiary/aromatic N) is 5. The van der Waals surface area contributed by atoms with Gasteiger partial charge in [0.05, 0.1) is 12.2 Å². The second-order valence-corrected chi connectivity index (χ2v) is 10.5. The molecule has 1 amide bonds. The van der Waals surface area contributed by atoms with Gasteiger partial charge in [0.25, 0.3) is 5.89 Å². The van der Waals surface area contributed by atoms with E-state index >= 15 is 0 Å². The highest BCUT2D eigenvalue weighted by Crippen LogP contribution is 2.32. The Labute approximate surface area is 231 Å². The fraction of sp³-hybridized carbons (Fsp3) is 0.500. The highest BCUT2D eigenvalue weighted by molar-refractivity contribution is 5.67. The number of amides is 1. The molecule has 0 bridgehead atoms. The van der Waals surface area contributed by atoms with Gasteiger partial charge >= 0.3 is 6.09 Å². The van der Waals surface area contributed by atoms with Crippen LogP contribution in [-0.4, -0.2) is 70.5 Å². The molecule has 0 saturated carbocycles. The number of anilines is 1. The highest BCUT2D eigenvalue weighted by Gasteiger charge is 2.31. The van der Waals surface area contributed by atoms with E-state index < -0.39 is 11.6 Å². The van der Waals surface area contributed by atoms with Crippen LogP contribution < -0.4 is 10.6 Å². The predicted molar refractivity (Wildman–Crippen MR) is 142 cm³/mol. The number of benzene rings is 1. The second-order valence-electron chi connectivity index (χ2n) is 10.5. The van der Waals surface area contributed by atoms with E-state index in [2.05, 4.69) is 15.1 Å². The first-order chi connectivity index (χ1) is 19.3. The molecule has 10 nitrogen and oxygen atoms in total. The molecular formula is C28H34F2N6O4. The third-order valence-corrected chi connectivity index (χ3v) is 7.29. The number of ether oxygens (including phenoxy) is 2. The Morgan fingerprint density at radius 1 is 1.15 bits per heavy atom. The van der Waals surface area contributed by atoms with Crippen molar-refractivity contribution in [3.8, 4) is 11.4 Å². The third kappa shape index (κ3) is 6.56. The van der Waals surface area contributed by atoms with E-state index in [9.17, 15) is 13.6 Å². The van der Waals surface area contributed by atoms with E-state index in [0.29, 0.717) is 68.3 Å². The topological polar surface area (TPSA) is 120 Å². The number of rotatable bonds is 7. The van der Waals surface area contributed by atoms with Crippen molar-refractivity contribution in [3.63, 3.8) is 0 Å². The molecule has 4 heterocycles. The Bertz CT molecular complexity index is 1300. The average Bonchev–Trinajstić information content (AvgIpc) is 3.42. The van der Waals surface area contributed by atoms with Gasteiger partial charge in [0.2, 0.25) is 5.82 Å². The Kier molecular flexibility index (Phi) is 8.55. The van der Waals surface area contributed by atoms with E-state index in [1.165, 1.54) is 6.07 Å². The molecule has 12 heteroatoms. The Morgan fingerprint density at radius 2 is 1.95 bits per heavy atom. The van der Waals surface area contributed by atoms with Crippen LogP contribution in [-0.2, 0) is 16.1 Å². The summed E-state index contributed by atoms with van der Waals surface area (Å²) in [7, 11) is 0. The smallest absolute Gasteiger partial charge is 0.410 e. The van der Waals surface area contributed by atoms with Gasteiger partial charge in [0, 0.05) is 49.9 Å². The first-order valence-electron chi connectivity index (χ1n) is 13.6. The summed E-state index contributed by atoms with van der Waals surface area (Å²) >= 11 is 0. The molecule has 5 rings (SSSR count). The minimum atomic E-state index is -0.467. The maximum absolute atomic E-state index is 14.3. The highest BCUT2D eigenvalue weighted by atomic mass is 19.1. The first-order valence-corrected chi connectivity index (χ1v) is 13.6. The molecule has 0 aliphatic carbocycles. The number of carbonyl (C=O) groups is 1. The molecule has 2 N–H and O–H groups in total. The lowest BCUT2D eigenvalue weighted by Crippen LogP contribution is -2.48. The molecule has 2 atom stereocenters. The molecule has 0 unspecified atom stereocenters. The van der Waals surface area contributed by atoms with Crippen molar-refractivity contribution in [2.45, 2.75) is 63.9 Å². The summed E-state index contributed by atoms with van der Waals surface area (Å²) in [4.78, 5) is 24.7. The summed E-state index contributed by atoms with van der Waals surface area (Å²) in [5.41, 5.74) is 7.39. The van der Waals surface area contributed by atoms with Crippen LogP contribution in [0.15, 0.2) is 41.1 Å². The maximum Gasteiger partial charge on any atom is 0.410 e. The molecule has 2 aliphatic heterocycles. The first kappa shape index (κ1) is 27.9. The molecule has 2 saturated heterocycles. The van der Waals surface area contributed by atoms with E-state index in [1.54, 1.807) is 11.1 Å². The van der Waals surface area contributed by atoms with Crippen molar-refractivity contribution in [3.05, 3.63) is 59.6 Å².